The minimum absolute atomic E-state index is 0.0732. The van der Waals surface area contributed by atoms with Crippen molar-refractivity contribution in [2.75, 3.05) is 26.2 Å². The van der Waals surface area contributed by atoms with Gasteiger partial charge in [0, 0.05) is 26.2 Å². The molecule has 1 aromatic carbocycles. The number of halogens is 6. The van der Waals surface area contributed by atoms with Gasteiger partial charge >= 0.3 is 12.4 Å². The Balaban J connectivity index is 3.15. The Morgan fingerprint density at radius 3 is 1.87 bits per heavy atom. The maximum atomic E-state index is 12.8. The van der Waals surface area contributed by atoms with E-state index >= 15 is 0 Å². The number of hydrogen-bond acceptors (Lipinski definition) is 4. The van der Waals surface area contributed by atoms with Crippen molar-refractivity contribution < 1.29 is 26.3 Å². The molecule has 0 unspecified atom stereocenters. The van der Waals surface area contributed by atoms with Crippen LogP contribution in [0.25, 0.3) is 0 Å². The van der Waals surface area contributed by atoms with Crippen molar-refractivity contribution >= 4 is 0 Å². The number of nitrogens with zero attached hydrogens (tertiary/aromatic N) is 2. The van der Waals surface area contributed by atoms with Crippen molar-refractivity contribution in [2.45, 2.75) is 18.9 Å². The van der Waals surface area contributed by atoms with Gasteiger partial charge < -0.3 is 5.73 Å². The van der Waals surface area contributed by atoms with Crippen molar-refractivity contribution in [2.24, 2.45) is 10.9 Å². The predicted molar refractivity (Wildman–Crippen MR) is 71.4 cm³/mol. The highest BCUT2D eigenvalue weighted by molar-refractivity contribution is 5.33. The Morgan fingerprint density at radius 1 is 0.957 bits per heavy atom. The summed E-state index contributed by atoms with van der Waals surface area (Å²) in [6.45, 7) is 0.125. The van der Waals surface area contributed by atoms with Crippen molar-refractivity contribution in [3.63, 3.8) is 0 Å². The Morgan fingerprint density at radius 2 is 1.48 bits per heavy atom. The summed E-state index contributed by atoms with van der Waals surface area (Å²) < 4.78 is 76.6. The number of alkyl halides is 6. The zero-order valence-corrected chi connectivity index (χ0v) is 11.9. The molecule has 130 valence electrons. The second-order valence-electron chi connectivity index (χ2n) is 4.83. The van der Waals surface area contributed by atoms with Crippen molar-refractivity contribution in [1.82, 2.24) is 4.90 Å². The Hall–Kier alpha value is -1.68. The van der Waals surface area contributed by atoms with Gasteiger partial charge in [0.15, 0.2) is 0 Å². The molecule has 0 fully saturated rings. The molecule has 0 atom stereocenters. The molecule has 0 aliphatic rings. The lowest BCUT2D eigenvalue weighted by Gasteiger charge is -2.22. The molecule has 0 bridgehead atoms. The van der Waals surface area contributed by atoms with Gasteiger partial charge in [-0.05, 0) is 23.8 Å². The lowest BCUT2D eigenvalue weighted by molar-refractivity contribution is -0.143. The Bertz CT molecular complexity index is 497. The fourth-order valence-corrected chi connectivity index (χ4v) is 2.00. The standard InChI is InChI=1S/C13H15F6N3O/c14-12(15,16)10-5-9(6-11(7-10)13(17,18)19)8-22(3-1-20)4-2-21-23/h5-7H,1-4,8,20H2. The summed E-state index contributed by atoms with van der Waals surface area (Å²) in [5, 5.41) is 2.62. The average Bonchev–Trinajstić information content (AvgIpc) is 2.43. The lowest BCUT2D eigenvalue weighted by atomic mass is 10.0. The molecule has 23 heavy (non-hydrogen) atoms. The fraction of sp³-hybridized carbons (Fsp3) is 0.538. The van der Waals surface area contributed by atoms with Gasteiger partial charge in [-0.2, -0.15) is 31.2 Å². The predicted octanol–water partition coefficient (Wildman–Crippen LogP) is 3.25. The van der Waals surface area contributed by atoms with Gasteiger partial charge in [-0.1, -0.05) is 5.18 Å². The minimum Gasteiger partial charge on any atom is -0.329 e. The summed E-state index contributed by atoms with van der Waals surface area (Å²) in [7, 11) is 0. The highest BCUT2D eigenvalue weighted by atomic mass is 19.4. The summed E-state index contributed by atoms with van der Waals surface area (Å²) in [4.78, 5) is 11.6. The number of hydrogen-bond donors (Lipinski definition) is 1. The quantitative estimate of drug-likeness (QED) is 0.611. The van der Waals surface area contributed by atoms with Crippen molar-refractivity contribution in [3.05, 3.63) is 39.8 Å². The molecule has 0 amide bonds. The minimum atomic E-state index is -4.89. The van der Waals surface area contributed by atoms with Crippen molar-refractivity contribution in [3.8, 4) is 0 Å². The van der Waals surface area contributed by atoms with E-state index in [1.54, 1.807) is 0 Å². The van der Waals surface area contributed by atoms with Gasteiger partial charge in [-0.25, -0.2) is 0 Å². The third-order valence-electron chi connectivity index (χ3n) is 3.01. The molecule has 0 radical (unpaired) electrons. The topological polar surface area (TPSA) is 58.7 Å². The van der Waals surface area contributed by atoms with Gasteiger partial charge in [0.25, 0.3) is 0 Å². The zero-order valence-electron chi connectivity index (χ0n) is 11.9. The van der Waals surface area contributed by atoms with E-state index in [1.165, 1.54) is 4.90 Å². The molecule has 0 spiro atoms. The SMILES string of the molecule is NCCN(CCN=O)Cc1cc(C(F)(F)F)cc(C(F)(F)F)c1. The molecular weight excluding hydrogens is 328 g/mol. The van der Waals surface area contributed by atoms with Crippen LogP contribution in [0.3, 0.4) is 0 Å². The zero-order chi connectivity index (χ0) is 17.7. The monoisotopic (exact) mass is 343 g/mol. The summed E-state index contributed by atoms with van der Waals surface area (Å²) in [6.07, 6.45) is -9.78. The molecular formula is C13H15F6N3O. The van der Waals surface area contributed by atoms with Crippen LogP contribution in [0.5, 0.6) is 0 Å². The maximum absolute atomic E-state index is 12.8. The van der Waals surface area contributed by atoms with Crippen LogP contribution in [0.2, 0.25) is 0 Å². The molecule has 0 saturated carbocycles. The van der Waals surface area contributed by atoms with Gasteiger partial charge in [-0.15, -0.1) is 0 Å². The largest absolute Gasteiger partial charge is 0.416 e. The van der Waals surface area contributed by atoms with Crippen LogP contribution < -0.4 is 5.73 Å². The molecule has 0 heterocycles. The number of nitroso groups, excluding NO2 is 1. The van der Waals surface area contributed by atoms with Crippen LogP contribution >= 0.6 is 0 Å². The lowest BCUT2D eigenvalue weighted by Crippen LogP contribution is -2.31. The van der Waals surface area contributed by atoms with Crippen LogP contribution in [0.4, 0.5) is 26.3 Å². The van der Waals surface area contributed by atoms with Crippen LogP contribution in [0.15, 0.2) is 23.4 Å². The summed E-state index contributed by atoms with van der Waals surface area (Å²) in [5.74, 6) is 0. The van der Waals surface area contributed by atoms with Crippen molar-refractivity contribution in [1.29, 1.82) is 0 Å². The van der Waals surface area contributed by atoms with Gasteiger partial charge in [0.2, 0.25) is 0 Å². The molecule has 0 aliphatic carbocycles. The van der Waals surface area contributed by atoms with Crippen LogP contribution in [-0.4, -0.2) is 31.1 Å². The molecule has 4 nitrogen and oxygen atoms in total. The Labute approximate surface area is 128 Å². The third-order valence-corrected chi connectivity index (χ3v) is 3.01. The normalized spacial score (nSPS) is 12.7. The van der Waals surface area contributed by atoms with E-state index in [2.05, 4.69) is 5.18 Å². The maximum Gasteiger partial charge on any atom is 0.416 e. The number of nitrogens with two attached hydrogens (primary N) is 1. The van der Waals surface area contributed by atoms with Gasteiger partial charge in [0.05, 0.1) is 17.7 Å². The van der Waals surface area contributed by atoms with Crippen LogP contribution in [0, 0.1) is 4.91 Å². The average molecular weight is 343 g/mol. The molecule has 1 aromatic rings. The van der Waals surface area contributed by atoms with E-state index in [1.807, 2.05) is 0 Å². The van der Waals surface area contributed by atoms with Gasteiger partial charge in [0.1, 0.15) is 0 Å². The fourth-order valence-electron chi connectivity index (χ4n) is 2.00. The highest BCUT2D eigenvalue weighted by Crippen LogP contribution is 2.36. The summed E-state index contributed by atoms with van der Waals surface area (Å²) in [6, 6.07) is 1.39. The molecule has 2 N–H and O–H groups in total. The molecule has 0 saturated heterocycles. The van der Waals surface area contributed by atoms with Crippen LogP contribution in [0.1, 0.15) is 16.7 Å². The molecule has 0 aromatic heterocycles. The highest BCUT2D eigenvalue weighted by Gasteiger charge is 2.36. The Kier molecular flexibility index (Phi) is 6.51. The first-order valence-corrected chi connectivity index (χ1v) is 6.58. The number of benzene rings is 1. The van der Waals surface area contributed by atoms with Crippen LogP contribution in [-0.2, 0) is 18.9 Å². The molecule has 10 heteroatoms. The third kappa shape index (κ3) is 6.14. The summed E-state index contributed by atoms with van der Waals surface area (Å²) >= 11 is 0. The first kappa shape index (κ1) is 19.4. The van der Waals surface area contributed by atoms with E-state index in [0.717, 1.165) is 0 Å². The first-order chi connectivity index (χ1) is 10.6. The van der Waals surface area contributed by atoms with E-state index in [4.69, 9.17) is 5.73 Å². The smallest absolute Gasteiger partial charge is 0.329 e. The summed E-state index contributed by atoms with van der Waals surface area (Å²) in [5.41, 5.74) is 2.44. The van der Waals surface area contributed by atoms with E-state index in [-0.39, 0.29) is 44.4 Å². The molecule has 0 aliphatic heterocycles. The number of rotatable bonds is 7. The first-order valence-electron chi connectivity index (χ1n) is 6.58. The van der Waals surface area contributed by atoms with Gasteiger partial charge in [-0.3, -0.25) is 4.90 Å². The van der Waals surface area contributed by atoms with E-state index < -0.39 is 23.5 Å². The molecule has 1 rings (SSSR count). The van der Waals surface area contributed by atoms with E-state index in [0.29, 0.717) is 12.1 Å². The second kappa shape index (κ2) is 7.73. The second-order valence-corrected chi connectivity index (χ2v) is 4.83. The van der Waals surface area contributed by atoms with E-state index in [9.17, 15) is 31.2 Å².